The molecule has 0 bridgehead atoms. The molecule has 0 aromatic heterocycles. The fourth-order valence-corrected chi connectivity index (χ4v) is 5.45. The Balaban J connectivity index is 1.70. The summed E-state index contributed by atoms with van der Waals surface area (Å²) in [5, 5.41) is 9.72. The van der Waals surface area contributed by atoms with Gasteiger partial charge in [0.25, 0.3) is 0 Å². The number of carbonyl (C=O) groups is 1. The van der Waals surface area contributed by atoms with Gasteiger partial charge in [0, 0.05) is 30.5 Å². The van der Waals surface area contributed by atoms with E-state index in [0.717, 1.165) is 51.5 Å². The minimum atomic E-state index is -0.0559. The first-order valence-electron chi connectivity index (χ1n) is 8.76. The van der Waals surface area contributed by atoms with Gasteiger partial charge in [0.2, 0.25) is 0 Å². The van der Waals surface area contributed by atoms with Crippen LogP contribution in [0.15, 0.2) is 18.2 Å². The molecule has 1 aromatic rings. The molecule has 1 aliphatic carbocycles. The zero-order chi connectivity index (χ0) is 15.3. The lowest BCUT2D eigenvalue weighted by molar-refractivity contribution is -0.132. The van der Waals surface area contributed by atoms with Crippen LogP contribution in [0.5, 0.6) is 5.75 Å². The van der Waals surface area contributed by atoms with Gasteiger partial charge < -0.3 is 5.11 Å². The van der Waals surface area contributed by atoms with E-state index in [9.17, 15) is 9.90 Å². The van der Waals surface area contributed by atoms with Crippen LogP contribution in [0.25, 0.3) is 0 Å². The lowest BCUT2D eigenvalue weighted by Gasteiger charge is -2.52. The molecule has 3 nitrogen and oxygen atoms in total. The van der Waals surface area contributed by atoms with E-state index in [1.54, 1.807) is 0 Å². The van der Waals surface area contributed by atoms with Crippen LogP contribution in [0.4, 0.5) is 0 Å². The lowest BCUT2D eigenvalue weighted by atomic mass is 9.67. The number of phenolic OH excluding ortho intramolecular Hbond substituents is 1. The van der Waals surface area contributed by atoms with E-state index in [0.29, 0.717) is 23.6 Å². The summed E-state index contributed by atoms with van der Waals surface area (Å²) in [5.74, 6) is 0.897. The van der Waals surface area contributed by atoms with Crippen molar-refractivity contribution >= 4 is 5.78 Å². The van der Waals surface area contributed by atoms with Crippen molar-refractivity contribution in [2.45, 2.75) is 64.0 Å². The first kappa shape index (κ1) is 14.3. The second-order valence-corrected chi connectivity index (χ2v) is 7.31. The molecular formula is C19H25NO2. The minimum Gasteiger partial charge on any atom is -0.508 e. The van der Waals surface area contributed by atoms with Gasteiger partial charge in [-0.1, -0.05) is 19.4 Å². The van der Waals surface area contributed by atoms with E-state index in [4.69, 9.17) is 0 Å². The maximum absolute atomic E-state index is 12.6. The van der Waals surface area contributed by atoms with Gasteiger partial charge in [-0.3, -0.25) is 9.69 Å². The Kier molecular flexibility index (Phi) is 3.30. The van der Waals surface area contributed by atoms with Crippen molar-refractivity contribution in [3.8, 4) is 5.75 Å². The second-order valence-electron chi connectivity index (χ2n) is 7.31. The van der Waals surface area contributed by atoms with Crippen LogP contribution in [0.3, 0.4) is 0 Å². The van der Waals surface area contributed by atoms with E-state index < -0.39 is 0 Å². The van der Waals surface area contributed by atoms with E-state index in [-0.39, 0.29) is 5.41 Å². The number of benzene rings is 1. The molecule has 0 radical (unpaired) electrons. The summed E-state index contributed by atoms with van der Waals surface area (Å²) in [6, 6.07) is 6.74. The molecule has 3 heteroatoms. The first-order valence-corrected chi connectivity index (χ1v) is 8.76. The Labute approximate surface area is 132 Å². The van der Waals surface area contributed by atoms with Gasteiger partial charge in [0.15, 0.2) is 0 Å². The molecule has 2 aliphatic heterocycles. The summed E-state index contributed by atoms with van der Waals surface area (Å²) in [6.45, 7) is 3.24. The number of phenols is 1. The number of hydrogen-bond donors (Lipinski definition) is 1. The molecule has 0 spiro atoms. The fraction of sp³-hybridized carbons (Fsp3) is 0.632. The molecule has 2 heterocycles. The number of fused-ring (bicyclic) bond motifs is 5. The number of aromatic hydroxyl groups is 1. The molecule has 1 saturated carbocycles. The van der Waals surface area contributed by atoms with Crippen molar-refractivity contribution in [2.75, 3.05) is 6.54 Å². The number of hydrogen-bond acceptors (Lipinski definition) is 3. The number of rotatable bonds is 2. The van der Waals surface area contributed by atoms with E-state index in [1.165, 1.54) is 11.1 Å². The molecular weight excluding hydrogens is 274 g/mol. The van der Waals surface area contributed by atoms with Crippen LogP contribution in [0.1, 0.15) is 62.6 Å². The van der Waals surface area contributed by atoms with Gasteiger partial charge in [-0.2, -0.15) is 0 Å². The third kappa shape index (κ3) is 1.88. The Morgan fingerprint density at radius 2 is 2.18 bits per heavy atom. The predicted octanol–water partition coefficient (Wildman–Crippen LogP) is 3.60. The second kappa shape index (κ2) is 5.09. The first-order chi connectivity index (χ1) is 10.7. The zero-order valence-corrected chi connectivity index (χ0v) is 13.3. The maximum Gasteiger partial charge on any atom is 0.140 e. The van der Waals surface area contributed by atoms with Crippen LogP contribution in [0, 0.1) is 5.41 Å². The van der Waals surface area contributed by atoms with Gasteiger partial charge in [-0.15, -0.1) is 0 Å². The van der Waals surface area contributed by atoms with Gasteiger partial charge in [0.1, 0.15) is 11.5 Å². The monoisotopic (exact) mass is 299 g/mol. The van der Waals surface area contributed by atoms with Crippen LogP contribution in [0.2, 0.25) is 0 Å². The van der Waals surface area contributed by atoms with Crippen LogP contribution < -0.4 is 0 Å². The summed E-state index contributed by atoms with van der Waals surface area (Å²) in [7, 11) is 0. The van der Waals surface area contributed by atoms with Crippen molar-refractivity contribution < 1.29 is 9.90 Å². The molecule has 22 heavy (non-hydrogen) atoms. The number of piperidine rings is 1. The van der Waals surface area contributed by atoms with E-state index in [2.05, 4.69) is 17.9 Å². The predicted molar refractivity (Wildman–Crippen MR) is 85.9 cm³/mol. The van der Waals surface area contributed by atoms with Crippen LogP contribution in [-0.4, -0.2) is 28.4 Å². The van der Waals surface area contributed by atoms with E-state index in [1.807, 2.05) is 12.1 Å². The molecule has 3 aliphatic rings. The highest BCUT2D eigenvalue weighted by Gasteiger charge is 2.55. The normalized spacial score (nSPS) is 34.1. The Morgan fingerprint density at radius 3 is 3.00 bits per heavy atom. The average molecular weight is 299 g/mol. The number of nitrogens with zero attached hydrogens (tertiary/aromatic N) is 1. The van der Waals surface area contributed by atoms with Crippen LogP contribution in [-0.2, 0) is 11.2 Å². The fourth-order valence-electron chi connectivity index (χ4n) is 5.45. The molecule has 1 saturated heterocycles. The highest BCUT2D eigenvalue weighted by molar-refractivity contribution is 5.88. The lowest BCUT2D eigenvalue weighted by Crippen LogP contribution is -2.54. The van der Waals surface area contributed by atoms with Gasteiger partial charge in [-0.25, -0.2) is 0 Å². The molecule has 3 unspecified atom stereocenters. The quantitative estimate of drug-likeness (QED) is 0.907. The summed E-state index contributed by atoms with van der Waals surface area (Å²) in [6.07, 6.45) is 7.10. The number of carbonyl (C=O) groups excluding carboxylic acids is 1. The molecule has 0 amide bonds. The van der Waals surface area contributed by atoms with Crippen molar-refractivity contribution in [1.29, 1.82) is 0 Å². The zero-order valence-electron chi connectivity index (χ0n) is 13.3. The van der Waals surface area contributed by atoms with E-state index >= 15 is 0 Å². The van der Waals surface area contributed by atoms with Gasteiger partial charge in [0.05, 0.1) is 0 Å². The molecule has 4 rings (SSSR count). The van der Waals surface area contributed by atoms with Crippen molar-refractivity contribution in [2.24, 2.45) is 5.41 Å². The van der Waals surface area contributed by atoms with Crippen molar-refractivity contribution in [1.82, 2.24) is 4.90 Å². The van der Waals surface area contributed by atoms with Gasteiger partial charge in [-0.05, 0) is 55.4 Å². The smallest absolute Gasteiger partial charge is 0.140 e. The van der Waals surface area contributed by atoms with Crippen molar-refractivity contribution in [3.63, 3.8) is 0 Å². The highest BCUT2D eigenvalue weighted by Crippen LogP contribution is 2.54. The molecule has 1 aromatic carbocycles. The third-order valence-corrected chi connectivity index (χ3v) is 6.32. The molecule has 3 atom stereocenters. The topological polar surface area (TPSA) is 40.5 Å². The summed E-state index contributed by atoms with van der Waals surface area (Å²) < 4.78 is 0. The summed E-state index contributed by atoms with van der Waals surface area (Å²) in [5.41, 5.74) is 2.63. The molecule has 118 valence electrons. The van der Waals surface area contributed by atoms with Crippen molar-refractivity contribution in [3.05, 3.63) is 29.3 Å². The Morgan fingerprint density at radius 1 is 1.32 bits per heavy atom. The maximum atomic E-state index is 12.6. The standard InChI is InChI=1S/C19H25NO2/c1-2-9-19-10-7-16-15-4-3-14(21)12-13(15)8-11-20(16)17(19)5-6-18(19)22/h3-4,12,16-17,21H,2,5-11H2,1H3. The average Bonchev–Trinajstić information content (AvgIpc) is 2.84. The van der Waals surface area contributed by atoms with Gasteiger partial charge >= 0.3 is 0 Å². The minimum absolute atomic E-state index is 0.0559. The number of Topliss-reactive ketones (excluding diaryl/α,β-unsaturated/α-hetero) is 1. The highest BCUT2D eigenvalue weighted by atomic mass is 16.3. The largest absolute Gasteiger partial charge is 0.508 e. The number of ketones is 1. The Bertz CT molecular complexity index is 611. The Hall–Kier alpha value is -1.35. The SMILES string of the molecule is CCCC12CCC3c4ccc(O)cc4CCN3C1CCC2=O. The van der Waals surface area contributed by atoms with Crippen LogP contribution >= 0.6 is 0 Å². The summed E-state index contributed by atoms with van der Waals surface area (Å²) in [4.78, 5) is 15.3. The molecule has 1 N–H and O–H groups in total. The summed E-state index contributed by atoms with van der Waals surface area (Å²) >= 11 is 0. The molecule has 2 fully saturated rings. The third-order valence-electron chi connectivity index (χ3n) is 6.32.